The SMILES string of the molecule is Nc1ncnc2c1ncn2CCCSc1nnc(N2CCOCC2)n1CC(F)(F)F. The molecule has 3 aromatic rings. The van der Waals surface area contributed by atoms with E-state index in [0.717, 1.165) is 4.57 Å². The second-order valence-corrected chi connectivity index (χ2v) is 7.72. The van der Waals surface area contributed by atoms with Crippen LogP contribution in [0.15, 0.2) is 17.8 Å². The van der Waals surface area contributed by atoms with Crippen LogP contribution in [0.3, 0.4) is 0 Å². The Balaban J connectivity index is 1.42. The van der Waals surface area contributed by atoms with Gasteiger partial charge in [-0.3, -0.25) is 4.57 Å². The number of ether oxygens (including phenoxy) is 1. The predicted octanol–water partition coefficient (Wildman–Crippen LogP) is 1.58. The van der Waals surface area contributed by atoms with Gasteiger partial charge in [-0.2, -0.15) is 13.2 Å². The van der Waals surface area contributed by atoms with Gasteiger partial charge in [0, 0.05) is 25.4 Å². The summed E-state index contributed by atoms with van der Waals surface area (Å²) in [5, 5.41) is 8.27. The lowest BCUT2D eigenvalue weighted by molar-refractivity contribution is -0.141. The molecule has 4 rings (SSSR count). The maximum Gasteiger partial charge on any atom is 0.406 e. The Hall–Kier alpha value is -2.61. The Kier molecular flexibility index (Phi) is 5.94. The van der Waals surface area contributed by atoms with Gasteiger partial charge in [0.1, 0.15) is 18.4 Å². The van der Waals surface area contributed by atoms with Crippen molar-refractivity contribution in [3.8, 4) is 0 Å². The summed E-state index contributed by atoms with van der Waals surface area (Å²) >= 11 is 1.24. The molecule has 3 aromatic heterocycles. The van der Waals surface area contributed by atoms with Crippen LogP contribution in [0.5, 0.6) is 0 Å². The van der Waals surface area contributed by atoms with Gasteiger partial charge in [-0.05, 0) is 6.42 Å². The van der Waals surface area contributed by atoms with Gasteiger partial charge in [0.2, 0.25) is 5.95 Å². The first-order valence-electron chi connectivity index (χ1n) is 9.29. The number of aromatic nitrogens is 7. The summed E-state index contributed by atoms with van der Waals surface area (Å²) in [7, 11) is 0. The summed E-state index contributed by atoms with van der Waals surface area (Å²) < 4.78 is 47.7. The number of thioether (sulfide) groups is 1. The van der Waals surface area contributed by atoms with Gasteiger partial charge < -0.3 is 19.9 Å². The number of hydrogen-bond donors (Lipinski definition) is 1. The van der Waals surface area contributed by atoms with E-state index in [1.54, 1.807) is 11.2 Å². The lowest BCUT2D eigenvalue weighted by Crippen LogP contribution is -2.38. The highest BCUT2D eigenvalue weighted by Crippen LogP contribution is 2.28. The van der Waals surface area contributed by atoms with E-state index in [-0.39, 0.29) is 11.1 Å². The molecule has 0 saturated carbocycles. The van der Waals surface area contributed by atoms with Crippen molar-refractivity contribution in [2.45, 2.75) is 30.8 Å². The van der Waals surface area contributed by atoms with Crippen molar-refractivity contribution in [3.05, 3.63) is 12.7 Å². The summed E-state index contributed by atoms with van der Waals surface area (Å²) in [6.07, 6.45) is -0.694. The molecule has 0 bridgehead atoms. The topological polar surface area (TPSA) is 113 Å². The molecule has 10 nitrogen and oxygen atoms in total. The molecule has 14 heteroatoms. The average molecular weight is 443 g/mol. The minimum Gasteiger partial charge on any atom is -0.382 e. The van der Waals surface area contributed by atoms with E-state index in [4.69, 9.17) is 10.5 Å². The highest BCUT2D eigenvalue weighted by molar-refractivity contribution is 7.99. The fourth-order valence-electron chi connectivity index (χ4n) is 3.16. The second kappa shape index (κ2) is 8.63. The minimum absolute atomic E-state index is 0.228. The third kappa shape index (κ3) is 4.59. The number of alkyl halides is 3. The largest absolute Gasteiger partial charge is 0.406 e. The summed E-state index contributed by atoms with van der Waals surface area (Å²) in [6.45, 7) is 1.34. The van der Waals surface area contributed by atoms with Crippen molar-refractivity contribution >= 4 is 34.7 Å². The van der Waals surface area contributed by atoms with Gasteiger partial charge in [0.05, 0.1) is 19.5 Å². The van der Waals surface area contributed by atoms with Crippen LogP contribution in [0.2, 0.25) is 0 Å². The van der Waals surface area contributed by atoms with Crippen molar-refractivity contribution in [1.29, 1.82) is 0 Å². The van der Waals surface area contributed by atoms with E-state index >= 15 is 0 Å². The maximum atomic E-state index is 13.1. The van der Waals surface area contributed by atoms with E-state index in [1.807, 2.05) is 4.57 Å². The first kappa shape index (κ1) is 20.7. The molecule has 4 heterocycles. The minimum atomic E-state index is -4.37. The summed E-state index contributed by atoms with van der Waals surface area (Å²) in [4.78, 5) is 14.1. The first-order valence-corrected chi connectivity index (χ1v) is 10.3. The van der Waals surface area contributed by atoms with Crippen LogP contribution < -0.4 is 10.6 Å². The fourth-order valence-corrected chi connectivity index (χ4v) is 4.02. The smallest absolute Gasteiger partial charge is 0.382 e. The lowest BCUT2D eigenvalue weighted by atomic mass is 10.4. The third-order valence-corrected chi connectivity index (χ3v) is 5.59. The van der Waals surface area contributed by atoms with Crippen molar-refractivity contribution in [1.82, 2.24) is 34.3 Å². The van der Waals surface area contributed by atoms with Crippen molar-refractivity contribution < 1.29 is 17.9 Å². The molecule has 0 spiro atoms. The summed E-state index contributed by atoms with van der Waals surface area (Å²) in [5.74, 6) is 1.09. The quantitative estimate of drug-likeness (QED) is 0.429. The van der Waals surface area contributed by atoms with Crippen LogP contribution in [0.25, 0.3) is 11.2 Å². The Morgan fingerprint density at radius 2 is 1.93 bits per heavy atom. The molecule has 2 N–H and O–H groups in total. The molecular formula is C16H20F3N9OS. The van der Waals surface area contributed by atoms with E-state index in [0.29, 0.717) is 62.0 Å². The third-order valence-electron chi connectivity index (χ3n) is 4.53. The molecule has 0 atom stereocenters. The van der Waals surface area contributed by atoms with Crippen molar-refractivity contribution in [3.63, 3.8) is 0 Å². The van der Waals surface area contributed by atoms with E-state index < -0.39 is 12.7 Å². The van der Waals surface area contributed by atoms with Crippen LogP contribution in [0.4, 0.5) is 24.9 Å². The van der Waals surface area contributed by atoms with E-state index in [1.165, 1.54) is 18.1 Å². The molecule has 0 aliphatic carbocycles. The van der Waals surface area contributed by atoms with Gasteiger partial charge in [0.15, 0.2) is 16.6 Å². The van der Waals surface area contributed by atoms with Gasteiger partial charge in [-0.25, -0.2) is 15.0 Å². The normalized spacial score (nSPS) is 15.2. The van der Waals surface area contributed by atoms with Crippen LogP contribution >= 0.6 is 11.8 Å². The highest BCUT2D eigenvalue weighted by Gasteiger charge is 2.32. The molecule has 0 radical (unpaired) electrons. The number of nitrogens with two attached hydrogens (primary N) is 1. The Morgan fingerprint density at radius 1 is 1.13 bits per heavy atom. The number of fused-ring (bicyclic) bond motifs is 1. The number of halogens is 3. The van der Waals surface area contributed by atoms with Crippen LogP contribution in [0.1, 0.15) is 6.42 Å². The molecule has 1 saturated heterocycles. The van der Waals surface area contributed by atoms with Crippen molar-refractivity contribution in [2.24, 2.45) is 0 Å². The Labute approximate surface area is 173 Å². The first-order chi connectivity index (χ1) is 14.4. The molecule has 0 amide bonds. The molecule has 30 heavy (non-hydrogen) atoms. The zero-order chi connectivity index (χ0) is 21.1. The summed E-state index contributed by atoms with van der Waals surface area (Å²) in [6, 6.07) is 0. The maximum absolute atomic E-state index is 13.1. The zero-order valence-electron chi connectivity index (χ0n) is 15.9. The Bertz CT molecular complexity index is 1000. The number of nitrogen functional groups attached to an aromatic ring is 1. The number of imidazole rings is 1. The standard InChI is InChI=1S/C16H20F3N9OS/c17-16(18,19)8-28-14(26-3-5-29-6-4-26)24-25-15(28)30-7-1-2-27-10-23-11-12(20)21-9-22-13(11)27/h9-10H,1-8H2,(H2,20,21,22). The second-order valence-electron chi connectivity index (χ2n) is 6.65. The van der Waals surface area contributed by atoms with Gasteiger partial charge >= 0.3 is 6.18 Å². The molecule has 0 unspecified atom stereocenters. The molecule has 0 aromatic carbocycles. The highest BCUT2D eigenvalue weighted by atomic mass is 32.2. The molecule has 1 fully saturated rings. The van der Waals surface area contributed by atoms with Gasteiger partial charge in [0.25, 0.3) is 0 Å². The molecule has 1 aliphatic rings. The Morgan fingerprint density at radius 3 is 2.70 bits per heavy atom. The lowest BCUT2D eigenvalue weighted by Gasteiger charge is -2.28. The fraction of sp³-hybridized carbons (Fsp3) is 0.562. The van der Waals surface area contributed by atoms with Crippen LogP contribution in [0, 0.1) is 0 Å². The van der Waals surface area contributed by atoms with E-state index in [9.17, 15) is 13.2 Å². The molecule has 1 aliphatic heterocycles. The predicted molar refractivity (Wildman–Crippen MR) is 104 cm³/mol. The number of anilines is 2. The summed E-state index contributed by atoms with van der Waals surface area (Å²) in [5.41, 5.74) is 6.94. The molecular weight excluding hydrogens is 423 g/mol. The number of morpholine rings is 1. The number of nitrogens with zero attached hydrogens (tertiary/aromatic N) is 8. The number of rotatable bonds is 7. The van der Waals surface area contributed by atoms with Crippen molar-refractivity contribution in [2.75, 3.05) is 42.7 Å². The number of hydrogen-bond acceptors (Lipinski definition) is 9. The number of aryl methyl sites for hydroxylation is 1. The van der Waals surface area contributed by atoms with Crippen LogP contribution in [-0.2, 0) is 17.8 Å². The monoisotopic (exact) mass is 443 g/mol. The van der Waals surface area contributed by atoms with Crippen LogP contribution in [-0.4, -0.2) is 72.5 Å². The van der Waals surface area contributed by atoms with Gasteiger partial charge in [-0.15, -0.1) is 10.2 Å². The van der Waals surface area contributed by atoms with Gasteiger partial charge in [-0.1, -0.05) is 11.8 Å². The van der Waals surface area contributed by atoms with E-state index in [2.05, 4.69) is 25.1 Å². The zero-order valence-corrected chi connectivity index (χ0v) is 16.7. The molecule has 162 valence electrons. The average Bonchev–Trinajstić information content (AvgIpc) is 3.30.